The highest BCUT2D eigenvalue weighted by molar-refractivity contribution is 7.99. The molecular formula is C51H64ClN7O14S. The van der Waals surface area contributed by atoms with Crippen molar-refractivity contribution in [3.8, 4) is 0 Å². The van der Waals surface area contributed by atoms with Gasteiger partial charge in [0.2, 0.25) is 35.3 Å². The van der Waals surface area contributed by atoms with Crippen molar-refractivity contribution in [3.63, 3.8) is 0 Å². The molecule has 0 saturated heterocycles. The lowest BCUT2D eigenvalue weighted by atomic mass is 9.45. The maximum Gasteiger partial charge on any atom is 0.407 e. The lowest BCUT2D eigenvalue weighted by molar-refractivity contribution is -0.202. The average Bonchev–Trinajstić information content (AvgIpc) is 3.80. The van der Waals surface area contributed by atoms with Crippen molar-refractivity contribution in [1.29, 1.82) is 0 Å². The number of carbonyl (C=O) groups excluding carboxylic acids is 11. The number of ketones is 2. The molecule has 74 heavy (non-hydrogen) atoms. The molecule has 0 aromatic heterocycles. The van der Waals surface area contributed by atoms with Crippen LogP contribution in [-0.2, 0) is 63.8 Å². The first kappa shape index (κ1) is 56.9. The summed E-state index contributed by atoms with van der Waals surface area (Å²) in [5.74, 6) is -6.44. The number of alkyl halides is 1. The number of carbonyl (C=O) groups is 11. The molecule has 400 valence electrons. The van der Waals surface area contributed by atoms with Crippen LogP contribution in [0.1, 0.15) is 71.8 Å². The van der Waals surface area contributed by atoms with E-state index in [4.69, 9.17) is 21.1 Å². The van der Waals surface area contributed by atoms with Gasteiger partial charge in [0.1, 0.15) is 6.04 Å². The summed E-state index contributed by atoms with van der Waals surface area (Å²) in [7, 11) is 0. The van der Waals surface area contributed by atoms with Crippen molar-refractivity contribution in [2.45, 2.75) is 95.3 Å². The number of alkyl carbamates (subject to hydrolysis) is 1. The van der Waals surface area contributed by atoms with Crippen LogP contribution in [0.2, 0.25) is 0 Å². The fourth-order valence-corrected chi connectivity index (χ4v) is 12.6. The van der Waals surface area contributed by atoms with Gasteiger partial charge in [-0.25, -0.2) is 4.79 Å². The quantitative estimate of drug-likeness (QED) is 0.0265. The molecule has 6 rings (SSSR count). The van der Waals surface area contributed by atoms with E-state index in [0.717, 1.165) is 22.6 Å². The van der Waals surface area contributed by atoms with Crippen LogP contribution in [0.3, 0.4) is 0 Å². The number of benzene rings is 1. The van der Waals surface area contributed by atoms with Crippen molar-refractivity contribution < 1.29 is 67.3 Å². The molecule has 1 aromatic carbocycles. The van der Waals surface area contributed by atoms with Crippen LogP contribution in [0.15, 0.2) is 66.3 Å². The summed E-state index contributed by atoms with van der Waals surface area (Å²) in [6.07, 6.45) is 6.36. The zero-order valence-electron chi connectivity index (χ0n) is 41.8. The first-order chi connectivity index (χ1) is 35.1. The van der Waals surface area contributed by atoms with Gasteiger partial charge in [-0.15, -0.1) is 23.4 Å². The van der Waals surface area contributed by atoms with Gasteiger partial charge in [-0.3, -0.25) is 52.8 Å². The Morgan fingerprint density at radius 2 is 1.53 bits per heavy atom. The second-order valence-electron chi connectivity index (χ2n) is 19.5. The lowest BCUT2D eigenvalue weighted by Gasteiger charge is -2.64. The fourth-order valence-electron chi connectivity index (χ4n) is 11.4. The minimum Gasteiger partial charge on any atom is -0.450 e. The number of halogens is 1. The molecule has 0 unspecified atom stereocenters. The molecule has 1 heterocycles. The van der Waals surface area contributed by atoms with E-state index in [1.54, 1.807) is 49.4 Å². The number of thioether (sulfide) groups is 1. The first-order valence-electron chi connectivity index (χ1n) is 24.6. The third kappa shape index (κ3) is 12.2. The Morgan fingerprint density at radius 1 is 0.865 bits per heavy atom. The molecule has 3 saturated carbocycles. The monoisotopic (exact) mass is 1070 g/mol. The highest BCUT2D eigenvalue weighted by Crippen LogP contribution is 2.72. The van der Waals surface area contributed by atoms with Gasteiger partial charge >= 0.3 is 12.1 Å². The second-order valence-corrected chi connectivity index (χ2v) is 21.3. The molecule has 0 spiro atoms. The summed E-state index contributed by atoms with van der Waals surface area (Å²) in [4.78, 5) is 139. The van der Waals surface area contributed by atoms with Gasteiger partial charge in [0.05, 0.1) is 36.5 Å². The van der Waals surface area contributed by atoms with E-state index in [1.807, 2.05) is 20.8 Å². The van der Waals surface area contributed by atoms with Crippen molar-refractivity contribution in [2.24, 2.45) is 28.6 Å². The highest BCUT2D eigenvalue weighted by Gasteiger charge is 2.76. The molecule has 1 aliphatic heterocycles. The number of nitrogens with one attached hydrogen (secondary N) is 6. The summed E-state index contributed by atoms with van der Waals surface area (Å²) in [6.45, 7) is 4.94. The topological polar surface area (TPSA) is 302 Å². The number of esters is 1. The van der Waals surface area contributed by atoms with Crippen LogP contribution in [0.5, 0.6) is 0 Å². The van der Waals surface area contributed by atoms with Crippen LogP contribution >= 0.6 is 23.4 Å². The summed E-state index contributed by atoms with van der Waals surface area (Å²) in [6, 6.07) is 7.61. The molecule has 8 amide bonds. The summed E-state index contributed by atoms with van der Waals surface area (Å²) >= 11 is 8.82. The number of Topliss-reactive ketones (excluding diaryl/α,β-unsaturated/α-hetero) is 1. The molecular weight excluding hydrogens is 1000 g/mol. The zero-order valence-corrected chi connectivity index (χ0v) is 43.3. The van der Waals surface area contributed by atoms with Crippen molar-refractivity contribution in [3.05, 3.63) is 71.8 Å². The standard InChI is InChI=1S/C51H64ClN7O14S/c1-5-45(69)73-51(30(2)21-35-34-12-11-32-23-33(60)15-17-48(32,3)50(34,52)37(61)24-49(35,51)4)38(62)28-72-47(71)53-18-20-74-29-57-41(65)26-56-46(70)36(22-31-9-7-6-8-10-31)58-42(66)27-55-40(64)25-54-39(63)16-19-59-43(67)13-14-44(59)68/h6-10,13-15,17,23,30,34-37,61H,5,11-12,16,18-22,24-29H2,1-4H3,(H,53,71)(H,54,63)(H,55,64)(H,56,70)(H,57,65)(H,58,66)/t30-,34+,35+,36+,37+,48+,49+,50+,51+/m1/s1. The van der Waals surface area contributed by atoms with E-state index in [9.17, 15) is 57.8 Å². The number of aliphatic hydroxyl groups is 1. The molecule has 7 N–H and O–H groups in total. The molecule has 0 radical (unpaired) electrons. The Labute approximate surface area is 437 Å². The molecule has 23 heteroatoms. The first-order valence-corrected chi connectivity index (χ1v) is 26.1. The van der Waals surface area contributed by atoms with E-state index in [-0.39, 0.29) is 62.3 Å². The second kappa shape index (κ2) is 24.3. The molecule has 5 aliphatic rings. The van der Waals surface area contributed by atoms with E-state index in [1.165, 1.54) is 17.8 Å². The van der Waals surface area contributed by atoms with E-state index < -0.39 is 125 Å². The molecule has 21 nitrogen and oxygen atoms in total. The molecule has 0 bridgehead atoms. The Balaban J connectivity index is 0.916. The number of allylic oxidation sites excluding steroid dienone is 4. The van der Waals surface area contributed by atoms with E-state index >= 15 is 0 Å². The number of fused-ring (bicyclic) bond motifs is 5. The van der Waals surface area contributed by atoms with Gasteiger partial charge in [-0.1, -0.05) is 69.7 Å². The Bertz CT molecular complexity index is 2490. The van der Waals surface area contributed by atoms with Crippen molar-refractivity contribution in [2.75, 3.05) is 51.0 Å². The van der Waals surface area contributed by atoms with Crippen LogP contribution < -0.4 is 31.9 Å². The largest absolute Gasteiger partial charge is 0.450 e. The van der Waals surface area contributed by atoms with Crippen LogP contribution in [0, 0.1) is 28.6 Å². The zero-order chi connectivity index (χ0) is 54.0. The number of rotatable bonds is 23. The minimum absolute atomic E-state index is 0.0155. The summed E-state index contributed by atoms with van der Waals surface area (Å²) in [5.41, 5.74) is -2.10. The number of hydrogen-bond acceptors (Lipinski definition) is 15. The van der Waals surface area contributed by atoms with Crippen molar-refractivity contribution >= 4 is 88.3 Å². The normalized spacial score (nSPS) is 27.8. The fraction of sp³-hybridized carbons (Fsp3) is 0.549. The van der Waals surface area contributed by atoms with Gasteiger partial charge in [0.15, 0.2) is 18.0 Å². The van der Waals surface area contributed by atoms with Gasteiger partial charge in [0.25, 0.3) is 11.8 Å². The number of imide groups is 1. The molecule has 3 fully saturated rings. The number of nitrogens with zero attached hydrogens (tertiary/aromatic N) is 1. The summed E-state index contributed by atoms with van der Waals surface area (Å²) in [5, 5.41) is 27.0. The number of aliphatic hydroxyl groups excluding tert-OH is 1. The minimum atomic E-state index is -1.74. The average molecular weight is 1070 g/mol. The van der Waals surface area contributed by atoms with Crippen LogP contribution in [0.4, 0.5) is 4.79 Å². The van der Waals surface area contributed by atoms with Gasteiger partial charge in [-0.2, -0.15) is 0 Å². The molecule has 9 atom stereocenters. The third-order valence-electron chi connectivity index (χ3n) is 15.1. The Morgan fingerprint density at radius 3 is 2.23 bits per heavy atom. The van der Waals surface area contributed by atoms with E-state index in [0.29, 0.717) is 30.6 Å². The van der Waals surface area contributed by atoms with Gasteiger partial charge in [0, 0.05) is 67.0 Å². The van der Waals surface area contributed by atoms with Crippen LogP contribution in [0.25, 0.3) is 0 Å². The molecule has 4 aliphatic carbocycles. The van der Waals surface area contributed by atoms with Crippen molar-refractivity contribution in [1.82, 2.24) is 36.8 Å². The maximum atomic E-state index is 14.5. The predicted molar refractivity (Wildman–Crippen MR) is 268 cm³/mol. The SMILES string of the molecule is CCC(=O)O[C@]1(C(=O)COC(=O)NCCSCNC(=O)CNC(=O)[C@H](Cc2ccccc2)NC(=O)CNC(=O)CNC(=O)CCN2C(=O)C=CC2=O)[C@H](C)C[C@H]2[C@@H]3CCC4=CC(=O)C=C[C@]4(C)[C@@]3(Cl)[C@@H](O)C[C@@]21C. The van der Waals surface area contributed by atoms with Gasteiger partial charge < -0.3 is 46.5 Å². The number of amides is 8. The molecule has 1 aromatic rings. The Kier molecular flexibility index (Phi) is 18.7. The lowest BCUT2D eigenvalue weighted by Crippen LogP contribution is -2.69. The summed E-state index contributed by atoms with van der Waals surface area (Å²) < 4.78 is 11.6. The van der Waals surface area contributed by atoms with E-state index in [2.05, 4.69) is 31.9 Å². The number of ether oxygens (including phenoxy) is 2. The number of hydrogen-bond donors (Lipinski definition) is 7. The maximum absolute atomic E-state index is 14.5. The van der Waals surface area contributed by atoms with Gasteiger partial charge in [-0.05, 0) is 55.2 Å². The Hall–Kier alpha value is -6.39. The van der Waals surface area contributed by atoms with Crippen LogP contribution in [-0.4, -0.2) is 149 Å². The third-order valence-corrected chi connectivity index (χ3v) is 16.9. The smallest absolute Gasteiger partial charge is 0.407 e. The highest BCUT2D eigenvalue weighted by atomic mass is 35.5. The predicted octanol–water partition coefficient (Wildman–Crippen LogP) is 1.06.